The lowest BCUT2D eigenvalue weighted by atomic mass is 9.80. The summed E-state index contributed by atoms with van der Waals surface area (Å²) >= 11 is 0. The zero-order valence-electron chi connectivity index (χ0n) is 12.3. The van der Waals surface area contributed by atoms with Crippen LogP contribution in [-0.4, -0.2) is 13.2 Å². The van der Waals surface area contributed by atoms with E-state index in [4.69, 9.17) is 4.74 Å². The first kappa shape index (κ1) is 14.1. The Balaban J connectivity index is 2.54. The lowest BCUT2D eigenvalue weighted by Gasteiger charge is -2.28. The van der Waals surface area contributed by atoms with Gasteiger partial charge in [0.05, 0.1) is 11.6 Å². The van der Waals surface area contributed by atoms with Gasteiger partial charge in [-0.05, 0) is 67.3 Å². The van der Waals surface area contributed by atoms with Crippen LogP contribution in [0.2, 0.25) is 0 Å². The molecule has 0 unspecified atom stereocenters. The highest BCUT2D eigenvalue weighted by Crippen LogP contribution is 2.35. The molecule has 0 bridgehead atoms. The van der Waals surface area contributed by atoms with Gasteiger partial charge in [-0.25, -0.2) is 0 Å². The molecule has 0 aromatic heterocycles. The van der Waals surface area contributed by atoms with E-state index in [1.54, 1.807) is 0 Å². The first-order chi connectivity index (χ1) is 9.19. The minimum absolute atomic E-state index is 0.572. The average molecular weight is 257 g/mol. The summed E-state index contributed by atoms with van der Waals surface area (Å²) in [6, 6.07) is 4.46. The summed E-state index contributed by atoms with van der Waals surface area (Å²) in [5, 5.41) is 9.41. The maximum absolute atomic E-state index is 9.41. The number of hydrogen-bond donors (Lipinski definition) is 0. The van der Waals surface area contributed by atoms with Gasteiger partial charge in [0.25, 0.3) is 0 Å². The molecule has 1 aromatic rings. The van der Waals surface area contributed by atoms with Gasteiger partial charge in [-0.15, -0.1) is 0 Å². The number of rotatable bonds is 3. The van der Waals surface area contributed by atoms with E-state index < -0.39 is 0 Å². The largest absolute Gasteiger partial charge is 0.381 e. The number of benzene rings is 1. The minimum Gasteiger partial charge on any atom is -0.381 e. The van der Waals surface area contributed by atoms with Crippen molar-refractivity contribution < 1.29 is 4.74 Å². The summed E-state index contributed by atoms with van der Waals surface area (Å²) in [6.45, 7) is 8.22. The Hall–Kier alpha value is -1.33. The van der Waals surface area contributed by atoms with Crippen molar-refractivity contribution in [3.63, 3.8) is 0 Å². The van der Waals surface area contributed by atoms with Crippen LogP contribution < -0.4 is 0 Å². The number of aryl methyl sites for hydroxylation is 1. The van der Waals surface area contributed by atoms with Gasteiger partial charge in [-0.3, -0.25) is 0 Å². The molecule has 1 saturated heterocycles. The monoisotopic (exact) mass is 257 g/mol. The predicted octanol–water partition coefficient (Wildman–Crippen LogP) is 4.02. The third kappa shape index (κ3) is 2.82. The summed E-state index contributed by atoms with van der Waals surface area (Å²) in [4.78, 5) is 0. The molecule has 0 amide bonds. The van der Waals surface area contributed by atoms with E-state index in [1.165, 1.54) is 22.3 Å². The SMILES string of the molecule is CCCc1c(C#N)cc(C)c(C)c1C1CCOCC1. The van der Waals surface area contributed by atoms with Crippen LogP contribution in [0.3, 0.4) is 0 Å². The van der Waals surface area contributed by atoms with Gasteiger partial charge in [0.1, 0.15) is 0 Å². The van der Waals surface area contributed by atoms with Gasteiger partial charge in [0.2, 0.25) is 0 Å². The summed E-state index contributed by atoms with van der Waals surface area (Å²) in [6.07, 6.45) is 4.28. The first-order valence-corrected chi connectivity index (χ1v) is 7.29. The highest BCUT2D eigenvalue weighted by Gasteiger charge is 2.23. The Morgan fingerprint density at radius 2 is 2.00 bits per heavy atom. The molecule has 0 atom stereocenters. The zero-order chi connectivity index (χ0) is 13.8. The smallest absolute Gasteiger partial charge is 0.0994 e. The van der Waals surface area contributed by atoms with Crippen LogP contribution in [0.5, 0.6) is 0 Å². The van der Waals surface area contributed by atoms with Crippen molar-refractivity contribution in [1.29, 1.82) is 5.26 Å². The minimum atomic E-state index is 0.572. The van der Waals surface area contributed by atoms with Crippen molar-refractivity contribution in [2.45, 2.75) is 52.4 Å². The summed E-state index contributed by atoms with van der Waals surface area (Å²) in [5.74, 6) is 0.572. The number of hydrogen-bond acceptors (Lipinski definition) is 2. The molecule has 2 heteroatoms. The fraction of sp³-hybridized carbons (Fsp3) is 0.588. The molecule has 1 aliphatic rings. The Morgan fingerprint density at radius 1 is 1.32 bits per heavy atom. The zero-order valence-corrected chi connectivity index (χ0v) is 12.3. The van der Waals surface area contributed by atoms with Crippen LogP contribution in [0, 0.1) is 25.2 Å². The summed E-state index contributed by atoms with van der Waals surface area (Å²) in [5.41, 5.74) is 6.25. The standard InChI is InChI=1S/C17H23NO/c1-4-5-16-15(11-18)10-12(2)13(3)17(16)14-6-8-19-9-7-14/h10,14H,4-9H2,1-3H3. The maximum Gasteiger partial charge on any atom is 0.0994 e. The molecule has 0 saturated carbocycles. The van der Waals surface area contributed by atoms with Crippen molar-refractivity contribution in [2.24, 2.45) is 0 Å². The van der Waals surface area contributed by atoms with Crippen LogP contribution in [-0.2, 0) is 11.2 Å². The number of nitrogens with zero attached hydrogens (tertiary/aromatic N) is 1. The molecule has 0 spiro atoms. The van der Waals surface area contributed by atoms with Crippen LogP contribution in [0.25, 0.3) is 0 Å². The molecule has 1 aliphatic heterocycles. The Labute approximate surface area is 116 Å². The van der Waals surface area contributed by atoms with Crippen molar-refractivity contribution >= 4 is 0 Å². The van der Waals surface area contributed by atoms with E-state index in [2.05, 4.69) is 32.9 Å². The highest BCUT2D eigenvalue weighted by molar-refractivity contribution is 5.52. The molecule has 0 radical (unpaired) electrons. The second-order valence-corrected chi connectivity index (χ2v) is 5.51. The average Bonchev–Trinajstić information content (AvgIpc) is 2.44. The van der Waals surface area contributed by atoms with E-state index >= 15 is 0 Å². The van der Waals surface area contributed by atoms with E-state index in [0.29, 0.717) is 5.92 Å². The topological polar surface area (TPSA) is 33.0 Å². The molecule has 0 N–H and O–H groups in total. The number of nitriles is 1. The second kappa shape index (κ2) is 6.21. The quantitative estimate of drug-likeness (QED) is 0.819. The number of ether oxygens (including phenoxy) is 1. The third-order valence-corrected chi connectivity index (χ3v) is 4.26. The molecular formula is C17H23NO. The molecule has 19 heavy (non-hydrogen) atoms. The molecular weight excluding hydrogens is 234 g/mol. The Bertz CT molecular complexity index is 493. The van der Waals surface area contributed by atoms with E-state index in [1.807, 2.05) is 0 Å². The molecule has 1 aromatic carbocycles. The van der Waals surface area contributed by atoms with Crippen LogP contribution in [0.4, 0.5) is 0 Å². The van der Waals surface area contributed by atoms with Crippen LogP contribution in [0.15, 0.2) is 6.07 Å². The van der Waals surface area contributed by atoms with Crippen molar-refractivity contribution in [1.82, 2.24) is 0 Å². The van der Waals surface area contributed by atoms with E-state index in [0.717, 1.165) is 44.5 Å². The lowest BCUT2D eigenvalue weighted by molar-refractivity contribution is 0.0850. The van der Waals surface area contributed by atoms with Crippen molar-refractivity contribution in [3.05, 3.63) is 33.9 Å². The van der Waals surface area contributed by atoms with Gasteiger partial charge in [-0.2, -0.15) is 5.26 Å². The Kier molecular flexibility index (Phi) is 4.61. The maximum atomic E-state index is 9.41. The summed E-state index contributed by atoms with van der Waals surface area (Å²) in [7, 11) is 0. The fourth-order valence-electron chi connectivity index (χ4n) is 3.15. The molecule has 0 aliphatic carbocycles. The molecule has 1 heterocycles. The van der Waals surface area contributed by atoms with Gasteiger partial charge in [-0.1, -0.05) is 13.3 Å². The lowest BCUT2D eigenvalue weighted by Crippen LogP contribution is -2.17. The van der Waals surface area contributed by atoms with Crippen LogP contribution >= 0.6 is 0 Å². The fourth-order valence-corrected chi connectivity index (χ4v) is 3.15. The third-order valence-electron chi connectivity index (χ3n) is 4.26. The second-order valence-electron chi connectivity index (χ2n) is 5.51. The van der Waals surface area contributed by atoms with Gasteiger partial charge in [0.15, 0.2) is 0 Å². The molecule has 2 rings (SSSR count). The van der Waals surface area contributed by atoms with E-state index in [9.17, 15) is 5.26 Å². The molecule has 102 valence electrons. The first-order valence-electron chi connectivity index (χ1n) is 7.29. The van der Waals surface area contributed by atoms with Gasteiger partial charge in [0, 0.05) is 13.2 Å². The molecule has 2 nitrogen and oxygen atoms in total. The van der Waals surface area contributed by atoms with Crippen LogP contribution in [0.1, 0.15) is 59.9 Å². The van der Waals surface area contributed by atoms with Crippen molar-refractivity contribution in [3.8, 4) is 6.07 Å². The van der Waals surface area contributed by atoms with E-state index in [-0.39, 0.29) is 0 Å². The predicted molar refractivity (Wildman–Crippen MR) is 77.4 cm³/mol. The summed E-state index contributed by atoms with van der Waals surface area (Å²) < 4.78 is 5.48. The normalized spacial score (nSPS) is 16.3. The van der Waals surface area contributed by atoms with Crippen molar-refractivity contribution in [2.75, 3.05) is 13.2 Å². The van der Waals surface area contributed by atoms with Gasteiger partial charge >= 0.3 is 0 Å². The molecule has 1 fully saturated rings. The van der Waals surface area contributed by atoms with Gasteiger partial charge < -0.3 is 4.74 Å². The highest BCUT2D eigenvalue weighted by atomic mass is 16.5. The Morgan fingerprint density at radius 3 is 2.58 bits per heavy atom.